The largest absolute Gasteiger partial charge is 0.497 e. The molecule has 2 aliphatic rings. The molecule has 0 saturated carbocycles. The summed E-state index contributed by atoms with van der Waals surface area (Å²) in [6, 6.07) is 11.7. The summed E-state index contributed by atoms with van der Waals surface area (Å²) < 4.78 is 35.7. The summed E-state index contributed by atoms with van der Waals surface area (Å²) in [7, 11) is 1.59. The van der Waals surface area contributed by atoms with Crippen LogP contribution in [0.1, 0.15) is 24.5 Å². The molecule has 9 heteroatoms. The third-order valence-electron chi connectivity index (χ3n) is 5.96. The fourth-order valence-electron chi connectivity index (χ4n) is 4.14. The molecule has 0 bridgehead atoms. The van der Waals surface area contributed by atoms with E-state index in [4.69, 9.17) is 18.9 Å². The second kappa shape index (κ2) is 11.4. The standard InChI is InChI=1S/C25H31FN2O6/c1-31-19-3-5-20(6-4-19)32-11-9-24(29)27-21(16-28-10-8-18(26)15-28)25(30)17-2-7-22-23(14-17)34-13-12-33-22/h2-7,14,18,21,25,30H,8-13,15-16H2,1H3,(H,27,29)/t18-,21+,25+/m0/s1. The Morgan fingerprint density at radius 2 is 1.91 bits per heavy atom. The molecule has 34 heavy (non-hydrogen) atoms. The van der Waals surface area contributed by atoms with Crippen LogP contribution in [0.5, 0.6) is 23.0 Å². The Morgan fingerprint density at radius 1 is 1.18 bits per heavy atom. The van der Waals surface area contributed by atoms with Gasteiger partial charge in [-0.3, -0.25) is 9.69 Å². The van der Waals surface area contributed by atoms with Crippen LogP contribution >= 0.6 is 0 Å². The van der Waals surface area contributed by atoms with E-state index in [1.807, 2.05) is 4.90 Å². The van der Waals surface area contributed by atoms with E-state index in [9.17, 15) is 14.3 Å². The fraction of sp³-hybridized carbons (Fsp3) is 0.480. The van der Waals surface area contributed by atoms with E-state index in [-0.39, 0.29) is 18.9 Å². The summed E-state index contributed by atoms with van der Waals surface area (Å²) in [5.41, 5.74) is 0.597. The molecule has 2 aromatic rings. The molecular weight excluding hydrogens is 443 g/mol. The average molecular weight is 475 g/mol. The van der Waals surface area contributed by atoms with Gasteiger partial charge in [0.25, 0.3) is 0 Å². The van der Waals surface area contributed by atoms with Gasteiger partial charge in [0.15, 0.2) is 11.5 Å². The first-order valence-electron chi connectivity index (χ1n) is 11.5. The number of benzene rings is 2. The van der Waals surface area contributed by atoms with Gasteiger partial charge in [0, 0.05) is 19.6 Å². The molecule has 3 atom stereocenters. The monoisotopic (exact) mass is 474 g/mol. The SMILES string of the molecule is COc1ccc(OCCC(=O)N[C@H](CN2CC[C@H](F)C2)[C@H](O)c2ccc3c(c2)OCCO3)cc1. The van der Waals surface area contributed by atoms with Crippen LogP contribution in [0.15, 0.2) is 42.5 Å². The molecule has 0 spiro atoms. The van der Waals surface area contributed by atoms with E-state index in [0.717, 1.165) is 5.75 Å². The second-order valence-corrected chi connectivity index (χ2v) is 8.44. The maximum absolute atomic E-state index is 13.7. The maximum atomic E-state index is 13.7. The summed E-state index contributed by atoms with van der Waals surface area (Å²) in [6.07, 6.45) is -1.32. The molecule has 1 saturated heterocycles. The minimum atomic E-state index is -0.999. The number of hydrogen-bond donors (Lipinski definition) is 2. The molecule has 0 unspecified atom stereocenters. The number of nitrogens with one attached hydrogen (secondary N) is 1. The molecule has 2 heterocycles. The molecule has 4 rings (SSSR count). The Labute approximate surface area is 198 Å². The number of ether oxygens (including phenoxy) is 4. The lowest BCUT2D eigenvalue weighted by atomic mass is 10.0. The Hall–Kier alpha value is -3.04. The third-order valence-corrected chi connectivity index (χ3v) is 5.96. The summed E-state index contributed by atoms with van der Waals surface area (Å²) >= 11 is 0. The fourth-order valence-corrected chi connectivity index (χ4v) is 4.14. The number of rotatable bonds is 10. The van der Waals surface area contributed by atoms with Gasteiger partial charge in [0.2, 0.25) is 5.91 Å². The minimum absolute atomic E-state index is 0.113. The van der Waals surface area contributed by atoms with Crippen LogP contribution in [0.4, 0.5) is 4.39 Å². The van der Waals surface area contributed by atoms with Gasteiger partial charge in [0.05, 0.1) is 26.2 Å². The number of fused-ring (bicyclic) bond motifs is 1. The van der Waals surface area contributed by atoms with E-state index in [0.29, 0.717) is 62.1 Å². The van der Waals surface area contributed by atoms with E-state index in [1.165, 1.54) is 0 Å². The second-order valence-electron chi connectivity index (χ2n) is 8.44. The maximum Gasteiger partial charge on any atom is 0.223 e. The number of carbonyl (C=O) groups excluding carboxylic acids is 1. The van der Waals surface area contributed by atoms with E-state index >= 15 is 0 Å². The van der Waals surface area contributed by atoms with E-state index in [2.05, 4.69) is 5.32 Å². The summed E-state index contributed by atoms with van der Waals surface area (Å²) in [6.45, 7) is 2.31. The van der Waals surface area contributed by atoms with Gasteiger partial charge in [-0.25, -0.2) is 4.39 Å². The predicted octanol–water partition coefficient (Wildman–Crippen LogP) is 2.50. The first-order chi connectivity index (χ1) is 16.5. The zero-order valence-corrected chi connectivity index (χ0v) is 19.2. The number of alkyl halides is 1. The number of aliphatic hydroxyl groups is 1. The van der Waals surface area contributed by atoms with Crippen molar-refractivity contribution in [2.75, 3.05) is 46.6 Å². The number of likely N-dealkylation sites (tertiary alicyclic amines) is 1. The first-order valence-corrected chi connectivity index (χ1v) is 11.5. The molecular formula is C25H31FN2O6. The summed E-state index contributed by atoms with van der Waals surface area (Å²) in [4.78, 5) is 14.6. The lowest BCUT2D eigenvalue weighted by Gasteiger charge is -2.29. The normalized spacial score (nSPS) is 19.3. The number of halogens is 1. The van der Waals surface area contributed by atoms with Gasteiger partial charge < -0.3 is 29.4 Å². The number of carbonyl (C=O) groups is 1. The summed E-state index contributed by atoms with van der Waals surface area (Å²) in [5.74, 6) is 2.28. The van der Waals surface area contributed by atoms with Gasteiger partial charge in [-0.05, 0) is 48.4 Å². The Kier molecular flexibility index (Phi) is 8.08. The number of methoxy groups -OCH3 is 1. The van der Waals surface area contributed by atoms with E-state index < -0.39 is 18.3 Å². The van der Waals surface area contributed by atoms with Crippen molar-refractivity contribution in [3.8, 4) is 23.0 Å². The van der Waals surface area contributed by atoms with Crippen molar-refractivity contribution >= 4 is 5.91 Å². The Morgan fingerprint density at radius 3 is 2.62 bits per heavy atom. The van der Waals surface area contributed by atoms with Crippen LogP contribution in [0.3, 0.4) is 0 Å². The lowest BCUT2D eigenvalue weighted by Crippen LogP contribution is -2.47. The zero-order valence-electron chi connectivity index (χ0n) is 19.2. The highest BCUT2D eigenvalue weighted by Crippen LogP contribution is 2.33. The van der Waals surface area contributed by atoms with Crippen LogP contribution in [0, 0.1) is 0 Å². The lowest BCUT2D eigenvalue weighted by molar-refractivity contribution is -0.123. The van der Waals surface area contributed by atoms with Crippen molar-refractivity contribution in [2.24, 2.45) is 0 Å². The molecule has 0 aromatic heterocycles. The van der Waals surface area contributed by atoms with Gasteiger partial charge in [-0.2, -0.15) is 0 Å². The van der Waals surface area contributed by atoms with Gasteiger partial charge >= 0.3 is 0 Å². The van der Waals surface area contributed by atoms with Crippen molar-refractivity contribution in [3.63, 3.8) is 0 Å². The van der Waals surface area contributed by atoms with Gasteiger partial charge in [-0.1, -0.05) is 6.07 Å². The highest BCUT2D eigenvalue weighted by molar-refractivity contribution is 5.76. The number of aliphatic hydroxyl groups excluding tert-OH is 1. The van der Waals surface area contributed by atoms with Crippen LogP contribution < -0.4 is 24.3 Å². The molecule has 1 amide bonds. The summed E-state index contributed by atoms with van der Waals surface area (Å²) in [5, 5.41) is 14.1. The highest BCUT2D eigenvalue weighted by atomic mass is 19.1. The van der Waals surface area contributed by atoms with Crippen molar-refractivity contribution in [1.29, 1.82) is 0 Å². The van der Waals surface area contributed by atoms with Gasteiger partial charge in [-0.15, -0.1) is 0 Å². The van der Waals surface area contributed by atoms with Crippen LogP contribution in [0.2, 0.25) is 0 Å². The molecule has 2 N–H and O–H groups in total. The molecule has 2 aromatic carbocycles. The van der Waals surface area contributed by atoms with Gasteiger partial charge in [0.1, 0.15) is 37.0 Å². The predicted molar refractivity (Wildman–Crippen MR) is 123 cm³/mol. The third kappa shape index (κ3) is 6.30. The zero-order chi connectivity index (χ0) is 23.9. The number of hydrogen-bond acceptors (Lipinski definition) is 7. The van der Waals surface area contributed by atoms with Crippen molar-refractivity contribution in [3.05, 3.63) is 48.0 Å². The van der Waals surface area contributed by atoms with E-state index in [1.54, 1.807) is 49.6 Å². The molecule has 0 aliphatic carbocycles. The van der Waals surface area contributed by atoms with Crippen molar-refractivity contribution < 1.29 is 33.2 Å². The smallest absolute Gasteiger partial charge is 0.223 e. The molecule has 2 aliphatic heterocycles. The Bertz CT molecular complexity index is 957. The van der Waals surface area contributed by atoms with Crippen molar-refractivity contribution in [1.82, 2.24) is 10.2 Å². The quantitative estimate of drug-likeness (QED) is 0.547. The molecule has 1 fully saturated rings. The van der Waals surface area contributed by atoms with Crippen molar-refractivity contribution in [2.45, 2.75) is 31.2 Å². The topological polar surface area (TPSA) is 89.5 Å². The molecule has 0 radical (unpaired) electrons. The average Bonchev–Trinajstić information content (AvgIpc) is 3.27. The number of nitrogens with zero attached hydrogens (tertiary/aromatic N) is 1. The highest BCUT2D eigenvalue weighted by Gasteiger charge is 2.30. The molecule has 184 valence electrons. The van der Waals surface area contributed by atoms with Crippen LogP contribution in [-0.2, 0) is 4.79 Å². The minimum Gasteiger partial charge on any atom is -0.497 e. The Balaban J connectivity index is 1.37. The van der Waals surface area contributed by atoms with Crippen LogP contribution in [0.25, 0.3) is 0 Å². The molecule has 8 nitrogen and oxygen atoms in total. The van der Waals surface area contributed by atoms with Crippen LogP contribution in [-0.4, -0.2) is 74.7 Å². The first kappa shape index (κ1) is 24.1. The number of amides is 1.